The summed E-state index contributed by atoms with van der Waals surface area (Å²) in [5.74, 6) is -0.0805. The molecular weight excluding hydrogens is 131 g/mol. The minimum atomic E-state index is -1.36. The van der Waals surface area contributed by atoms with Crippen molar-refractivity contribution in [2.24, 2.45) is 5.92 Å². The molecule has 4 heteroatoms. The van der Waals surface area contributed by atoms with E-state index >= 15 is 0 Å². The maximum Gasteiger partial charge on any atom is 0.459 e. The van der Waals surface area contributed by atoms with Gasteiger partial charge in [-0.3, -0.25) is 4.79 Å². The van der Waals surface area contributed by atoms with Gasteiger partial charge in [-0.1, -0.05) is 13.8 Å². The predicted octanol–water partition coefficient (Wildman–Crippen LogP) is -0.172. The minimum Gasteiger partial charge on any atom is -0.427 e. The van der Waals surface area contributed by atoms with Gasteiger partial charge >= 0.3 is 7.12 Å². The Hall–Kier alpha value is -0.345. The highest BCUT2D eigenvalue weighted by Gasteiger charge is 2.54. The van der Waals surface area contributed by atoms with Gasteiger partial charge in [0.15, 0.2) is 0 Å². The molecule has 2 atom stereocenters. The summed E-state index contributed by atoms with van der Waals surface area (Å²) in [4.78, 5) is 10.7. The highest BCUT2D eigenvalue weighted by atomic mass is 16.4. The molecule has 0 aromatic rings. The lowest BCUT2D eigenvalue weighted by Crippen LogP contribution is -2.49. The minimum absolute atomic E-state index is 0.121. The Morgan fingerprint density at radius 1 is 1.70 bits per heavy atom. The predicted molar refractivity (Wildman–Crippen MR) is 37.3 cm³/mol. The number of Topliss-reactive ketones (excluding diaryl/α,β-unsaturated/α-hetero) is 1. The zero-order valence-corrected chi connectivity index (χ0v) is 6.16. The van der Waals surface area contributed by atoms with Crippen LogP contribution in [-0.4, -0.2) is 22.9 Å². The molecule has 0 saturated heterocycles. The van der Waals surface area contributed by atoms with Gasteiger partial charge in [0.25, 0.3) is 0 Å². The second-order valence-electron chi connectivity index (χ2n) is 3.24. The molecule has 0 amide bonds. The highest BCUT2D eigenvalue weighted by Crippen LogP contribution is 2.50. The monoisotopic (exact) mass is 142 g/mol. The summed E-state index contributed by atoms with van der Waals surface area (Å²) in [5.41, 5.74) is 0. The van der Waals surface area contributed by atoms with Crippen molar-refractivity contribution in [1.29, 1.82) is 0 Å². The van der Waals surface area contributed by atoms with Gasteiger partial charge < -0.3 is 10.0 Å². The molecule has 0 bridgehead atoms. The van der Waals surface area contributed by atoms with Crippen LogP contribution in [0.15, 0.2) is 0 Å². The molecule has 2 unspecified atom stereocenters. The molecule has 10 heavy (non-hydrogen) atoms. The lowest BCUT2D eigenvalue weighted by molar-refractivity contribution is -0.132. The first-order valence-electron chi connectivity index (χ1n) is 3.37. The summed E-state index contributed by atoms with van der Waals surface area (Å²) in [6.45, 7) is 3.44. The van der Waals surface area contributed by atoms with Gasteiger partial charge in [-0.2, -0.15) is 0 Å². The molecule has 2 N–H and O–H groups in total. The highest BCUT2D eigenvalue weighted by molar-refractivity contribution is 6.48. The van der Waals surface area contributed by atoms with Crippen LogP contribution in [0.4, 0.5) is 0 Å². The van der Waals surface area contributed by atoms with Gasteiger partial charge in [-0.15, -0.1) is 0 Å². The number of ketones is 1. The lowest BCUT2D eigenvalue weighted by Gasteiger charge is -2.42. The van der Waals surface area contributed by atoms with Crippen molar-refractivity contribution in [3.8, 4) is 0 Å². The van der Waals surface area contributed by atoms with E-state index in [9.17, 15) is 4.79 Å². The number of carbonyl (C=O) groups excluding carboxylic acids is 1. The number of hydrogen-bond acceptors (Lipinski definition) is 3. The Morgan fingerprint density at radius 2 is 2.20 bits per heavy atom. The molecule has 1 aliphatic rings. The fourth-order valence-corrected chi connectivity index (χ4v) is 1.23. The Bertz CT molecular complexity index is 168. The van der Waals surface area contributed by atoms with Crippen LogP contribution in [0.5, 0.6) is 0 Å². The van der Waals surface area contributed by atoms with Gasteiger partial charge in [0.1, 0.15) is 5.78 Å². The van der Waals surface area contributed by atoms with Crippen LogP contribution in [0.1, 0.15) is 20.3 Å². The van der Waals surface area contributed by atoms with E-state index in [1.807, 2.05) is 0 Å². The molecule has 0 aliphatic heterocycles. The van der Waals surface area contributed by atoms with Crippen molar-refractivity contribution in [1.82, 2.24) is 0 Å². The normalized spacial score (nSPS) is 39.2. The first-order chi connectivity index (χ1) is 4.48. The van der Waals surface area contributed by atoms with Crippen LogP contribution in [0, 0.1) is 5.92 Å². The molecule has 1 rings (SSSR count). The third-order valence-corrected chi connectivity index (χ3v) is 2.62. The summed E-state index contributed by atoms with van der Waals surface area (Å²) in [6, 6.07) is 0. The quantitative estimate of drug-likeness (QED) is 0.499. The average Bonchev–Trinajstić information content (AvgIpc) is 1.87. The van der Waals surface area contributed by atoms with Crippen LogP contribution < -0.4 is 0 Å². The van der Waals surface area contributed by atoms with Crippen LogP contribution in [-0.2, 0) is 4.79 Å². The second-order valence-corrected chi connectivity index (χ2v) is 3.24. The first kappa shape index (κ1) is 7.76. The Kier molecular flexibility index (Phi) is 1.61. The van der Waals surface area contributed by atoms with E-state index in [1.165, 1.54) is 0 Å². The van der Waals surface area contributed by atoms with E-state index in [-0.39, 0.29) is 11.7 Å². The smallest absolute Gasteiger partial charge is 0.427 e. The zero-order chi connectivity index (χ0) is 7.94. The van der Waals surface area contributed by atoms with E-state index in [0.717, 1.165) is 0 Å². The van der Waals surface area contributed by atoms with Crippen molar-refractivity contribution in [3.05, 3.63) is 0 Å². The number of hydrogen-bond donors (Lipinski definition) is 2. The van der Waals surface area contributed by atoms with Gasteiger partial charge in [-0.25, -0.2) is 0 Å². The van der Waals surface area contributed by atoms with Gasteiger partial charge in [0.05, 0.1) is 0 Å². The van der Waals surface area contributed by atoms with E-state index in [4.69, 9.17) is 10.0 Å². The summed E-state index contributed by atoms with van der Waals surface area (Å²) < 4.78 is 0. The third kappa shape index (κ3) is 0.795. The zero-order valence-electron chi connectivity index (χ0n) is 6.16. The Morgan fingerprint density at radius 3 is 2.30 bits per heavy atom. The molecule has 1 saturated carbocycles. The van der Waals surface area contributed by atoms with Gasteiger partial charge in [-0.05, 0) is 0 Å². The van der Waals surface area contributed by atoms with E-state index in [0.29, 0.717) is 6.42 Å². The number of rotatable bonds is 1. The molecule has 0 heterocycles. The maximum absolute atomic E-state index is 10.7. The van der Waals surface area contributed by atoms with E-state index in [2.05, 4.69) is 0 Å². The average molecular weight is 142 g/mol. The lowest BCUT2D eigenvalue weighted by atomic mass is 9.43. The fraction of sp³-hybridized carbons (Fsp3) is 0.833. The first-order valence-corrected chi connectivity index (χ1v) is 3.37. The molecule has 56 valence electrons. The molecule has 1 fully saturated rings. The molecule has 0 aromatic carbocycles. The largest absolute Gasteiger partial charge is 0.459 e. The molecule has 3 nitrogen and oxygen atoms in total. The molecular formula is C6H11BO3. The standard InChI is InChI=1S/C6H11BO3/c1-4-5(8)3-6(4,2)7(9)10/h4,9-10H,3H2,1-2H3. The van der Waals surface area contributed by atoms with Crippen molar-refractivity contribution in [3.63, 3.8) is 0 Å². The molecule has 0 spiro atoms. The van der Waals surface area contributed by atoms with E-state index < -0.39 is 12.4 Å². The summed E-state index contributed by atoms with van der Waals surface area (Å²) in [5, 5.41) is 17.1. The van der Waals surface area contributed by atoms with Crippen molar-refractivity contribution < 1.29 is 14.8 Å². The summed E-state index contributed by atoms with van der Waals surface area (Å²) >= 11 is 0. The van der Waals surface area contributed by atoms with Crippen LogP contribution in [0.2, 0.25) is 5.31 Å². The van der Waals surface area contributed by atoms with Gasteiger partial charge in [0.2, 0.25) is 0 Å². The van der Waals surface area contributed by atoms with Crippen molar-refractivity contribution in [2.75, 3.05) is 0 Å². The van der Waals surface area contributed by atoms with Crippen LogP contribution >= 0.6 is 0 Å². The van der Waals surface area contributed by atoms with Crippen molar-refractivity contribution >= 4 is 12.9 Å². The van der Waals surface area contributed by atoms with Crippen molar-refractivity contribution in [2.45, 2.75) is 25.6 Å². The van der Waals surface area contributed by atoms with Crippen LogP contribution in [0.25, 0.3) is 0 Å². The Balaban J connectivity index is 2.66. The third-order valence-electron chi connectivity index (χ3n) is 2.62. The van der Waals surface area contributed by atoms with Gasteiger partial charge in [0, 0.05) is 17.7 Å². The second kappa shape index (κ2) is 2.07. The SMILES string of the molecule is CC1C(=O)CC1(C)B(O)O. The fourth-order valence-electron chi connectivity index (χ4n) is 1.23. The number of carbonyl (C=O) groups is 1. The molecule has 0 aromatic heterocycles. The molecule has 0 radical (unpaired) electrons. The maximum atomic E-state index is 10.7. The summed E-state index contributed by atoms with van der Waals surface area (Å²) in [7, 11) is -1.36. The Labute approximate surface area is 60.2 Å². The summed E-state index contributed by atoms with van der Waals surface area (Å²) in [6.07, 6.45) is 0.297. The van der Waals surface area contributed by atoms with E-state index in [1.54, 1.807) is 13.8 Å². The topological polar surface area (TPSA) is 57.5 Å². The molecule has 1 aliphatic carbocycles. The van der Waals surface area contributed by atoms with Crippen LogP contribution in [0.3, 0.4) is 0 Å².